The number of hydrogen-bond donors (Lipinski definition) is 2. The number of nitrogens with two attached hydrogens (primary N) is 1. The van der Waals surface area contributed by atoms with Crippen molar-refractivity contribution < 1.29 is 5.21 Å². The van der Waals surface area contributed by atoms with Gasteiger partial charge >= 0.3 is 0 Å². The lowest BCUT2D eigenvalue weighted by molar-refractivity contribution is 0.318. The molecule has 0 aliphatic heterocycles. The Hall–Kier alpha value is -1.23. The highest BCUT2D eigenvalue weighted by molar-refractivity contribution is 7.98. The first kappa shape index (κ1) is 13.8. The summed E-state index contributed by atoms with van der Waals surface area (Å²) in [4.78, 5) is 4.04. The smallest absolute Gasteiger partial charge is 0.188 e. The van der Waals surface area contributed by atoms with Gasteiger partial charge in [0.1, 0.15) is 5.69 Å². The van der Waals surface area contributed by atoms with Crippen LogP contribution >= 0.6 is 11.8 Å². The Bertz CT molecular complexity index is 380. The molecule has 94 valence electrons. The zero-order valence-electron chi connectivity index (χ0n) is 10.3. The summed E-state index contributed by atoms with van der Waals surface area (Å²) >= 11 is 1.89. The largest absolute Gasteiger partial charge is 0.409 e. The Morgan fingerprint density at radius 2 is 2.35 bits per heavy atom. The molecule has 0 fully saturated rings. The Morgan fingerprint density at radius 1 is 1.59 bits per heavy atom. The van der Waals surface area contributed by atoms with Crippen molar-refractivity contribution in [2.45, 2.75) is 26.0 Å². The molecule has 3 N–H and O–H groups in total. The fraction of sp³-hybridized carbons (Fsp3) is 0.500. The number of pyridine rings is 1. The van der Waals surface area contributed by atoms with Crippen LogP contribution in [0.2, 0.25) is 0 Å². The van der Waals surface area contributed by atoms with Gasteiger partial charge in [-0.15, -0.1) is 0 Å². The molecule has 0 aliphatic carbocycles. The number of rotatable bonds is 6. The Labute approximate surface area is 106 Å². The van der Waals surface area contributed by atoms with E-state index in [0.29, 0.717) is 5.69 Å². The summed E-state index contributed by atoms with van der Waals surface area (Å²) in [6, 6.07) is 3.81. The van der Waals surface area contributed by atoms with Crippen LogP contribution in [0.15, 0.2) is 23.5 Å². The van der Waals surface area contributed by atoms with Gasteiger partial charge < -0.3 is 10.9 Å². The van der Waals surface area contributed by atoms with Gasteiger partial charge in [0.25, 0.3) is 0 Å². The van der Waals surface area contributed by atoms with Crippen LogP contribution in [-0.4, -0.2) is 21.8 Å². The van der Waals surface area contributed by atoms with E-state index in [4.69, 9.17) is 10.9 Å². The summed E-state index contributed by atoms with van der Waals surface area (Å²) in [5.74, 6) is 2.88. The second kappa shape index (κ2) is 7.17. The third kappa shape index (κ3) is 5.08. The second-order valence-corrected chi connectivity index (χ2v) is 5.37. The van der Waals surface area contributed by atoms with Crippen LogP contribution in [0.5, 0.6) is 0 Å². The van der Waals surface area contributed by atoms with Gasteiger partial charge in [0.05, 0.1) is 0 Å². The van der Waals surface area contributed by atoms with Crippen LogP contribution in [0.25, 0.3) is 0 Å². The molecule has 1 aromatic rings. The molecule has 0 aliphatic rings. The van der Waals surface area contributed by atoms with Gasteiger partial charge in [-0.2, -0.15) is 11.8 Å². The van der Waals surface area contributed by atoms with Crippen LogP contribution in [0.4, 0.5) is 0 Å². The Kier molecular flexibility index (Phi) is 5.83. The van der Waals surface area contributed by atoms with Crippen molar-refractivity contribution in [3.8, 4) is 0 Å². The summed E-state index contributed by atoms with van der Waals surface area (Å²) in [6.45, 7) is 4.45. The first-order valence-corrected chi connectivity index (χ1v) is 6.79. The fourth-order valence-corrected chi connectivity index (χ4v) is 2.46. The molecule has 5 heteroatoms. The molecule has 4 nitrogen and oxygen atoms in total. The van der Waals surface area contributed by atoms with E-state index in [0.717, 1.165) is 23.0 Å². The van der Waals surface area contributed by atoms with E-state index in [1.165, 1.54) is 6.42 Å². The molecule has 1 aromatic heterocycles. The lowest BCUT2D eigenvalue weighted by Gasteiger charge is -2.05. The predicted molar refractivity (Wildman–Crippen MR) is 72.4 cm³/mol. The number of oxime groups is 1. The third-order valence-corrected chi connectivity index (χ3v) is 3.36. The normalized spacial score (nSPS) is 12.1. The number of thioether (sulfide) groups is 1. The molecule has 0 bridgehead atoms. The van der Waals surface area contributed by atoms with Gasteiger partial charge in [-0.3, -0.25) is 4.98 Å². The summed E-state index contributed by atoms with van der Waals surface area (Å²) in [7, 11) is 0. The van der Waals surface area contributed by atoms with Gasteiger partial charge in [0.2, 0.25) is 0 Å². The molecule has 0 spiro atoms. The highest BCUT2D eigenvalue weighted by atomic mass is 32.2. The van der Waals surface area contributed by atoms with E-state index < -0.39 is 0 Å². The van der Waals surface area contributed by atoms with Gasteiger partial charge in [-0.25, -0.2) is 0 Å². The number of amidine groups is 1. The van der Waals surface area contributed by atoms with Gasteiger partial charge in [0.15, 0.2) is 5.84 Å². The van der Waals surface area contributed by atoms with Crippen molar-refractivity contribution in [2.75, 3.05) is 5.75 Å². The number of nitrogens with zero attached hydrogens (tertiary/aromatic N) is 2. The average molecular weight is 253 g/mol. The lowest BCUT2D eigenvalue weighted by Crippen LogP contribution is -2.15. The van der Waals surface area contributed by atoms with Crippen LogP contribution in [0.3, 0.4) is 0 Å². The van der Waals surface area contributed by atoms with Crippen molar-refractivity contribution in [1.82, 2.24) is 4.98 Å². The van der Waals surface area contributed by atoms with E-state index in [-0.39, 0.29) is 5.84 Å². The van der Waals surface area contributed by atoms with E-state index in [1.54, 1.807) is 6.20 Å². The second-order valence-electron chi connectivity index (χ2n) is 4.27. The molecule has 0 saturated carbocycles. The molecule has 17 heavy (non-hydrogen) atoms. The van der Waals surface area contributed by atoms with Crippen molar-refractivity contribution in [3.05, 3.63) is 29.6 Å². The Balaban J connectivity index is 2.49. The standard InChI is InChI=1S/C12H19N3OS/c1-9(2)4-6-17-8-10-3-5-14-11(7-10)12(13)15-16/h3,5,7,9,16H,4,6,8H2,1-2H3,(H2,13,15). The third-order valence-electron chi connectivity index (χ3n) is 2.30. The minimum Gasteiger partial charge on any atom is -0.409 e. The molecule has 0 atom stereocenters. The first-order chi connectivity index (χ1) is 8.13. The van der Waals surface area contributed by atoms with Crippen LogP contribution < -0.4 is 5.73 Å². The van der Waals surface area contributed by atoms with E-state index >= 15 is 0 Å². The van der Waals surface area contributed by atoms with Crippen LogP contribution in [0, 0.1) is 5.92 Å². The predicted octanol–water partition coefficient (Wildman–Crippen LogP) is 2.46. The number of hydrogen-bond acceptors (Lipinski definition) is 4. The maximum absolute atomic E-state index is 8.57. The van der Waals surface area contributed by atoms with E-state index in [9.17, 15) is 0 Å². The molecule has 0 radical (unpaired) electrons. The maximum atomic E-state index is 8.57. The fourth-order valence-electron chi connectivity index (χ4n) is 1.26. The van der Waals surface area contributed by atoms with Gasteiger partial charge in [0, 0.05) is 11.9 Å². The zero-order chi connectivity index (χ0) is 12.7. The molecule has 1 rings (SSSR count). The summed E-state index contributed by atoms with van der Waals surface area (Å²) in [5, 5.41) is 11.5. The molecule has 1 heterocycles. The molecule has 0 unspecified atom stereocenters. The first-order valence-electron chi connectivity index (χ1n) is 5.64. The van der Waals surface area contributed by atoms with Crippen LogP contribution in [-0.2, 0) is 5.75 Å². The summed E-state index contributed by atoms with van der Waals surface area (Å²) in [6.07, 6.45) is 2.91. The molecular formula is C12H19N3OS. The van der Waals surface area contributed by atoms with Crippen LogP contribution in [0.1, 0.15) is 31.5 Å². The van der Waals surface area contributed by atoms with Crippen molar-refractivity contribution in [2.24, 2.45) is 16.8 Å². The minimum atomic E-state index is 0.0547. The van der Waals surface area contributed by atoms with E-state index in [2.05, 4.69) is 24.0 Å². The zero-order valence-corrected chi connectivity index (χ0v) is 11.1. The molecule has 0 saturated heterocycles. The molecular weight excluding hydrogens is 234 g/mol. The number of aromatic nitrogens is 1. The molecule has 0 amide bonds. The summed E-state index contributed by atoms with van der Waals surface area (Å²) < 4.78 is 0. The van der Waals surface area contributed by atoms with Crippen molar-refractivity contribution in [3.63, 3.8) is 0 Å². The van der Waals surface area contributed by atoms with Crippen molar-refractivity contribution in [1.29, 1.82) is 0 Å². The van der Waals surface area contributed by atoms with Gasteiger partial charge in [-0.05, 0) is 35.8 Å². The highest BCUT2D eigenvalue weighted by Gasteiger charge is 2.02. The minimum absolute atomic E-state index is 0.0547. The lowest BCUT2D eigenvalue weighted by atomic mass is 10.2. The quantitative estimate of drug-likeness (QED) is 0.268. The topological polar surface area (TPSA) is 71.5 Å². The summed E-state index contributed by atoms with van der Waals surface area (Å²) in [5.41, 5.74) is 7.16. The molecule has 0 aromatic carbocycles. The average Bonchev–Trinajstić information content (AvgIpc) is 2.34. The van der Waals surface area contributed by atoms with E-state index in [1.807, 2.05) is 23.9 Å². The highest BCUT2D eigenvalue weighted by Crippen LogP contribution is 2.15. The van der Waals surface area contributed by atoms with Gasteiger partial charge in [-0.1, -0.05) is 19.0 Å². The SMILES string of the molecule is CC(C)CCSCc1ccnc(/C(N)=N/O)c1. The van der Waals surface area contributed by atoms with Crippen molar-refractivity contribution >= 4 is 17.6 Å². The Morgan fingerprint density at radius 3 is 3.00 bits per heavy atom. The maximum Gasteiger partial charge on any atom is 0.188 e. The monoisotopic (exact) mass is 253 g/mol.